The van der Waals surface area contributed by atoms with Gasteiger partial charge in [-0.25, -0.2) is 0 Å². The minimum atomic E-state index is -0.697. The minimum Gasteiger partial charge on any atom is -0.481 e. The molecule has 0 bridgehead atoms. The second kappa shape index (κ2) is 8.08. The van der Waals surface area contributed by atoms with Crippen molar-refractivity contribution in [3.8, 4) is 0 Å². The monoisotopic (exact) mass is 256 g/mol. The van der Waals surface area contributed by atoms with Crippen molar-refractivity contribution in [3.63, 3.8) is 0 Å². The van der Waals surface area contributed by atoms with E-state index in [1.54, 1.807) is 0 Å². The van der Waals surface area contributed by atoms with E-state index in [2.05, 4.69) is 10.6 Å². The van der Waals surface area contributed by atoms with E-state index in [4.69, 9.17) is 5.11 Å². The second-order valence-electron chi connectivity index (χ2n) is 4.97. The molecule has 0 aromatic carbocycles. The lowest BCUT2D eigenvalue weighted by Crippen LogP contribution is -2.39. The van der Waals surface area contributed by atoms with Crippen molar-refractivity contribution in [1.82, 2.24) is 10.6 Å². The molecule has 5 nitrogen and oxygen atoms in total. The Labute approximate surface area is 108 Å². The van der Waals surface area contributed by atoms with Gasteiger partial charge in [0.1, 0.15) is 0 Å². The molecular weight excluding hydrogens is 232 g/mol. The molecule has 0 aromatic rings. The Hall–Kier alpha value is -1.10. The van der Waals surface area contributed by atoms with Gasteiger partial charge in [0.15, 0.2) is 0 Å². The van der Waals surface area contributed by atoms with Crippen molar-refractivity contribution >= 4 is 11.9 Å². The van der Waals surface area contributed by atoms with Crippen LogP contribution in [0.2, 0.25) is 0 Å². The van der Waals surface area contributed by atoms with E-state index in [1.807, 2.05) is 6.92 Å². The first-order valence-corrected chi connectivity index (χ1v) is 6.85. The van der Waals surface area contributed by atoms with E-state index in [0.29, 0.717) is 13.1 Å². The molecule has 1 fully saturated rings. The van der Waals surface area contributed by atoms with Gasteiger partial charge >= 0.3 is 5.97 Å². The molecule has 0 radical (unpaired) electrons. The topological polar surface area (TPSA) is 78.4 Å². The highest BCUT2D eigenvalue weighted by molar-refractivity contribution is 5.77. The molecule has 0 saturated heterocycles. The fraction of sp³-hybridized carbons (Fsp3) is 0.846. The number of aliphatic carboxylic acids is 1. The predicted molar refractivity (Wildman–Crippen MR) is 69.3 cm³/mol. The summed E-state index contributed by atoms with van der Waals surface area (Å²) in [5, 5.41) is 15.0. The van der Waals surface area contributed by atoms with Gasteiger partial charge in [-0.2, -0.15) is 0 Å². The molecule has 1 aliphatic carbocycles. The number of carboxylic acid groups (broad SMARTS) is 1. The van der Waals surface area contributed by atoms with E-state index in [1.165, 1.54) is 0 Å². The Kier molecular flexibility index (Phi) is 6.72. The number of hydrogen-bond donors (Lipinski definition) is 3. The summed E-state index contributed by atoms with van der Waals surface area (Å²) in [6, 6.07) is 0. The highest BCUT2D eigenvalue weighted by atomic mass is 16.4. The van der Waals surface area contributed by atoms with Gasteiger partial charge in [0.25, 0.3) is 0 Å². The summed E-state index contributed by atoms with van der Waals surface area (Å²) >= 11 is 0. The maximum Gasteiger partial charge on any atom is 0.306 e. The van der Waals surface area contributed by atoms with Crippen molar-refractivity contribution in [1.29, 1.82) is 0 Å². The average molecular weight is 256 g/mol. The summed E-state index contributed by atoms with van der Waals surface area (Å²) < 4.78 is 0. The van der Waals surface area contributed by atoms with Crippen LogP contribution in [0.25, 0.3) is 0 Å². The Morgan fingerprint density at radius 3 is 2.67 bits per heavy atom. The first kappa shape index (κ1) is 15.0. The number of carbonyl (C=O) groups is 2. The average Bonchev–Trinajstić information content (AvgIpc) is 2.36. The summed E-state index contributed by atoms with van der Waals surface area (Å²) in [6.45, 7) is 3.61. The van der Waals surface area contributed by atoms with Gasteiger partial charge in [-0.3, -0.25) is 9.59 Å². The third kappa shape index (κ3) is 5.04. The number of carboxylic acids is 1. The van der Waals surface area contributed by atoms with Crippen molar-refractivity contribution in [2.75, 3.05) is 19.6 Å². The lowest BCUT2D eigenvalue weighted by molar-refractivity contribution is -0.144. The highest BCUT2D eigenvalue weighted by Crippen LogP contribution is 2.29. The van der Waals surface area contributed by atoms with Crippen LogP contribution in [-0.2, 0) is 9.59 Å². The first-order valence-electron chi connectivity index (χ1n) is 6.85. The van der Waals surface area contributed by atoms with Crippen LogP contribution < -0.4 is 10.6 Å². The molecule has 1 saturated carbocycles. The van der Waals surface area contributed by atoms with Crippen LogP contribution in [-0.4, -0.2) is 36.6 Å². The fourth-order valence-electron chi connectivity index (χ4n) is 2.48. The zero-order chi connectivity index (χ0) is 13.4. The van der Waals surface area contributed by atoms with E-state index in [9.17, 15) is 9.59 Å². The van der Waals surface area contributed by atoms with Gasteiger partial charge in [0.05, 0.1) is 12.5 Å². The van der Waals surface area contributed by atoms with Crippen LogP contribution in [0.3, 0.4) is 0 Å². The van der Waals surface area contributed by atoms with Crippen LogP contribution in [0.1, 0.15) is 39.0 Å². The van der Waals surface area contributed by atoms with E-state index in [0.717, 1.165) is 32.1 Å². The SMILES string of the molecule is CCCNC(=O)CNCC1CCCCC1C(=O)O. The number of rotatable bonds is 7. The largest absolute Gasteiger partial charge is 0.481 e. The highest BCUT2D eigenvalue weighted by Gasteiger charge is 2.30. The van der Waals surface area contributed by atoms with Gasteiger partial charge in [-0.1, -0.05) is 19.8 Å². The molecule has 2 atom stereocenters. The lowest BCUT2D eigenvalue weighted by Gasteiger charge is -2.28. The van der Waals surface area contributed by atoms with Gasteiger partial charge in [0, 0.05) is 6.54 Å². The molecule has 5 heteroatoms. The van der Waals surface area contributed by atoms with Crippen molar-refractivity contribution in [3.05, 3.63) is 0 Å². The Balaban J connectivity index is 2.24. The van der Waals surface area contributed by atoms with Crippen LogP contribution in [0.15, 0.2) is 0 Å². The molecule has 3 N–H and O–H groups in total. The smallest absolute Gasteiger partial charge is 0.306 e. The summed E-state index contributed by atoms with van der Waals surface area (Å²) in [7, 11) is 0. The fourth-order valence-corrected chi connectivity index (χ4v) is 2.48. The van der Waals surface area contributed by atoms with E-state index >= 15 is 0 Å². The molecule has 2 unspecified atom stereocenters. The Bertz CT molecular complexity index is 281. The van der Waals surface area contributed by atoms with Crippen LogP contribution in [0.4, 0.5) is 0 Å². The first-order chi connectivity index (χ1) is 8.65. The molecule has 1 rings (SSSR count). The third-order valence-electron chi connectivity index (χ3n) is 3.49. The van der Waals surface area contributed by atoms with Gasteiger partial charge in [-0.05, 0) is 31.7 Å². The molecule has 0 aliphatic heterocycles. The van der Waals surface area contributed by atoms with Crippen LogP contribution in [0, 0.1) is 11.8 Å². The summed E-state index contributed by atoms with van der Waals surface area (Å²) in [4.78, 5) is 22.5. The Morgan fingerprint density at radius 2 is 2.00 bits per heavy atom. The minimum absolute atomic E-state index is 0.0143. The van der Waals surface area contributed by atoms with Gasteiger partial charge in [-0.15, -0.1) is 0 Å². The number of hydrogen-bond acceptors (Lipinski definition) is 3. The molecule has 1 amide bonds. The lowest BCUT2D eigenvalue weighted by atomic mass is 9.79. The molecule has 0 spiro atoms. The van der Waals surface area contributed by atoms with Crippen LogP contribution in [0.5, 0.6) is 0 Å². The number of nitrogens with one attached hydrogen (secondary N) is 2. The maximum absolute atomic E-state index is 11.4. The predicted octanol–water partition coefficient (Wildman–Crippen LogP) is 0.993. The second-order valence-corrected chi connectivity index (χ2v) is 4.97. The quantitative estimate of drug-likeness (QED) is 0.635. The Morgan fingerprint density at radius 1 is 1.28 bits per heavy atom. The van der Waals surface area contributed by atoms with Crippen LogP contribution >= 0.6 is 0 Å². The molecular formula is C13H24N2O3. The summed E-state index contributed by atoms with van der Waals surface area (Å²) in [6.07, 6.45) is 4.74. The summed E-state index contributed by atoms with van der Waals surface area (Å²) in [5.41, 5.74) is 0. The summed E-state index contributed by atoms with van der Waals surface area (Å²) in [5.74, 6) is -0.795. The van der Waals surface area contributed by atoms with Gasteiger partial charge in [0.2, 0.25) is 5.91 Å². The normalized spacial score (nSPS) is 23.6. The van der Waals surface area contributed by atoms with Crippen molar-refractivity contribution in [2.24, 2.45) is 11.8 Å². The molecule has 0 heterocycles. The van der Waals surface area contributed by atoms with Gasteiger partial charge < -0.3 is 15.7 Å². The van der Waals surface area contributed by atoms with Crippen molar-refractivity contribution in [2.45, 2.75) is 39.0 Å². The van der Waals surface area contributed by atoms with E-state index in [-0.39, 0.29) is 24.3 Å². The van der Waals surface area contributed by atoms with Crippen molar-refractivity contribution < 1.29 is 14.7 Å². The molecule has 104 valence electrons. The number of amides is 1. The van der Waals surface area contributed by atoms with E-state index < -0.39 is 5.97 Å². The maximum atomic E-state index is 11.4. The molecule has 18 heavy (non-hydrogen) atoms. The zero-order valence-corrected chi connectivity index (χ0v) is 11.1. The standard InChI is InChI=1S/C13H24N2O3/c1-2-7-15-12(16)9-14-8-10-5-3-4-6-11(10)13(17)18/h10-11,14H,2-9H2,1H3,(H,15,16)(H,17,18). The molecule has 0 aromatic heterocycles. The third-order valence-corrected chi connectivity index (χ3v) is 3.49. The zero-order valence-electron chi connectivity index (χ0n) is 11.1. The molecule has 1 aliphatic rings. The number of carbonyl (C=O) groups excluding carboxylic acids is 1.